The molecule has 0 saturated carbocycles. The number of sulfonamides is 1. The Labute approximate surface area is 149 Å². The van der Waals surface area contributed by atoms with Gasteiger partial charge >= 0.3 is 5.97 Å². The van der Waals surface area contributed by atoms with E-state index in [-0.39, 0.29) is 16.4 Å². The Balaban J connectivity index is 1.76. The third-order valence-corrected chi connectivity index (χ3v) is 6.96. The fourth-order valence-electron chi connectivity index (χ4n) is 2.56. The molecule has 0 radical (unpaired) electrons. The van der Waals surface area contributed by atoms with E-state index < -0.39 is 16.0 Å². The third-order valence-electron chi connectivity index (χ3n) is 3.76. The van der Waals surface area contributed by atoms with Crippen molar-refractivity contribution in [3.63, 3.8) is 0 Å². The van der Waals surface area contributed by atoms with Gasteiger partial charge in [0.25, 0.3) is 0 Å². The first-order valence-corrected chi connectivity index (χ1v) is 10.2. The summed E-state index contributed by atoms with van der Waals surface area (Å²) in [5, 5.41) is 2.15. The zero-order valence-electron chi connectivity index (χ0n) is 12.8. The quantitative estimate of drug-likeness (QED) is 0.738. The average Bonchev–Trinajstić information content (AvgIpc) is 3.24. The van der Waals surface area contributed by atoms with Crippen LogP contribution in [0.5, 0.6) is 0 Å². The fourth-order valence-corrected chi connectivity index (χ4v) is 5.57. The maximum atomic E-state index is 12.6. The summed E-state index contributed by atoms with van der Waals surface area (Å²) in [6, 6.07) is 8.45. The molecule has 1 fully saturated rings. The van der Waals surface area contributed by atoms with E-state index in [1.54, 1.807) is 29.6 Å². The van der Waals surface area contributed by atoms with Crippen LogP contribution in [0.1, 0.15) is 28.1 Å². The van der Waals surface area contributed by atoms with Gasteiger partial charge in [0.2, 0.25) is 10.0 Å². The first-order valence-electron chi connectivity index (χ1n) is 7.48. The normalized spacial score (nSPS) is 15.5. The molecule has 2 heterocycles. The second-order valence-corrected chi connectivity index (χ2v) is 8.69. The van der Waals surface area contributed by atoms with Gasteiger partial charge in [-0.15, -0.1) is 11.3 Å². The summed E-state index contributed by atoms with van der Waals surface area (Å²) in [6.07, 6.45) is 1.69. The van der Waals surface area contributed by atoms with E-state index in [0.29, 0.717) is 18.1 Å². The molecule has 0 aliphatic carbocycles. The van der Waals surface area contributed by atoms with E-state index in [1.807, 2.05) is 0 Å². The molecule has 1 aliphatic heterocycles. The highest BCUT2D eigenvalue weighted by Crippen LogP contribution is 2.28. The molecule has 128 valence electrons. The van der Waals surface area contributed by atoms with Crippen LogP contribution in [0.4, 0.5) is 0 Å². The zero-order valence-corrected chi connectivity index (χ0v) is 15.2. The van der Waals surface area contributed by atoms with Gasteiger partial charge in [0.1, 0.15) is 16.4 Å². The number of esters is 1. The van der Waals surface area contributed by atoms with E-state index in [1.165, 1.54) is 10.4 Å². The third kappa shape index (κ3) is 3.64. The highest BCUT2D eigenvalue weighted by molar-refractivity contribution is 7.89. The summed E-state index contributed by atoms with van der Waals surface area (Å²) in [5.41, 5.74) is 0.747. The van der Waals surface area contributed by atoms with Crippen LogP contribution in [-0.2, 0) is 21.4 Å². The predicted octanol–water partition coefficient (Wildman–Crippen LogP) is 3.54. The van der Waals surface area contributed by atoms with E-state index >= 15 is 0 Å². The molecule has 0 bridgehead atoms. The van der Waals surface area contributed by atoms with Crippen molar-refractivity contribution in [2.75, 3.05) is 13.1 Å². The Hall–Kier alpha value is -1.41. The van der Waals surface area contributed by atoms with Gasteiger partial charge in [-0.3, -0.25) is 0 Å². The highest BCUT2D eigenvalue weighted by atomic mass is 35.5. The number of hydrogen-bond donors (Lipinski definition) is 0. The van der Waals surface area contributed by atoms with Crippen LogP contribution in [0, 0.1) is 0 Å². The second-order valence-electron chi connectivity index (χ2n) is 5.43. The van der Waals surface area contributed by atoms with Crippen molar-refractivity contribution in [2.45, 2.75) is 24.3 Å². The zero-order chi connectivity index (χ0) is 17.2. The number of halogens is 1. The number of carbonyl (C=O) groups excluding carboxylic acids is 1. The van der Waals surface area contributed by atoms with Gasteiger partial charge in [-0.2, -0.15) is 4.31 Å². The van der Waals surface area contributed by atoms with Crippen LogP contribution in [0.2, 0.25) is 5.02 Å². The number of hydrogen-bond acceptors (Lipinski definition) is 5. The molecular weight excluding hydrogens is 370 g/mol. The minimum Gasteiger partial charge on any atom is -0.457 e. The van der Waals surface area contributed by atoms with Crippen LogP contribution >= 0.6 is 22.9 Å². The lowest BCUT2D eigenvalue weighted by atomic mass is 10.2. The number of nitrogens with zero attached hydrogens (tertiary/aromatic N) is 1. The minimum atomic E-state index is -3.64. The Morgan fingerprint density at radius 1 is 1.25 bits per heavy atom. The summed E-state index contributed by atoms with van der Waals surface area (Å²) >= 11 is 6.97. The summed E-state index contributed by atoms with van der Waals surface area (Å²) in [7, 11) is -3.64. The number of ether oxygens (including phenoxy) is 1. The van der Waals surface area contributed by atoms with Crippen molar-refractivity contribution in [1.82, 2.24) is 4.31 Å². The molecule has 8 heteroatoms. The molecule has 1 aromatic carbocycles. The summed E-state index contributed by atoms with van der Waals surface area (Å²) in [6.45, 7) is 1.03. The summed E-state index contributed by atoms with van der Waals surface area (Å²) < 4.78 is 32.0. The van der Waals surface area contributed by atoms with Gasteiger partial charge < -0.3 is 4.74 Å². The molecule has 1 saturated heterocycles. The van der Waals surface area contributed by atoms with Crippen molar-refractivity contribution >= 4 is 38.9 Å². The molecule has 1 aromatic heterocycles. The molecule has 24 heavy (non-hydrogen) atoms. The first kappa shape index (κ1) is 17.4. The predicted molar refractivity (Wildman–Crippen MR) is 92.9 cm³/mol. The van der Waals surface area contributed by atoms with Crippen molar-refractivity contribution in [3.8, 4) is 0 Å². The Kier molecular flexibility index (Phi) is 5.24. The molecular formula is C16H16ClNO4S2. The molecule has 0 atom stereocenters. The Morgan fingerprint density at radius 2 is 2.00 bits per heavy atom. The van der Waals surface area contributed by atoms with Crippen molar-refractivity contribution in [2.24, 2.45) is 0 Å². The van der Waals surface area contributed by atoms with E-state index in [4.69, 9.17) is 16.3 Å². The molecule has 2 aromatic rings. The first-order chi connectivity index (χ1) is 11.5. The molecule has 3 rings (SSSR count). The smallest absolute Gasteiger partial charge is 0.350 e. The van der Waals surface area contributed by atoms with Crippen LogP contribution < -0.4 is 0 Å². The van der Waals surface area contributed by atoms with Crippen LogP contribution in [-0.4, -0.2) is 31.8 Å². The van der Waals surface area contributed by atoms with E-state index in [0.717, 1.165) is 29.7 Å². The number of rotatable bonds is 5. The monoisotopic (exact) mass is 385 g/mol. The SMILES string of the molecule is O=C(OCc1cccc(Cl)c1)c1sccc1S(=O)(=O)N1CCCC1. The van der Waals surface area contributed by atoms with Crippen LogP contribution in [0.3, 0.4) is 0 Å². The fraction of sp³-hybridized carbons (Fsp3) is 0.312. The van der Waals surface area contributed by atoms with Crippen molar-refractivity contribution in [1.29, 1.82) is 0 Å². The van der Waals surface area contributed by atoms with Crippen molar-refractivity contribution < 1.29 is 17.9 Å². The van der Waals surface area contributed by atoms with E-state index in [2.05, 4.69) is 0 Å². The van der Waals surface area contributed by atoms with Gasteiger partial charge in [-0.1, -0.05) is 23.7 Å². The Bertz CT molecular complexity index is 841. The average molecular weight is 386 g/mol. The lowest BCUT2D eigenvalue weighted by molar-refractivity contribution is 0.0474. The molecule has 0 amide bonds. The van der Waals surface area contributed by atoms with Gasteiger partial charge in [0, 0.05) is 18.1 Å². The van der Waals surface area contributed by atoms with Gasteiger partial charge in [-0.25, -0.2) is 13.2 Å². The molecule has 0 spiro atoms. The van der Waals surface area contributed by atoms with Crippen LogP contribution in [0.15, 0.2) is 40.6 Å². The number of benzene rings is 1. The second kappa shape index (κ2) is 7.23. The van der Waals surface area contributed by atoms with Gasteiger partial charge in [0.15, 0.2) is 0 Å². The van der Waals surface area contributed by atoms with Gasteiger partial charge in [0.05, 0.1) is 0 Å². The largest absolute Gasteiger partial charge is 0.457 e. The summed E-state index contributed by atoms with van der Waals surface area (Å²) in [4.78, 5) is 12.5. The summed E-state index contributed by atoms with van der Waals surface area (Å²) in [5.74, 6) is -0.636. The van der Waals surface area contributed by atoms with Gasteiger partial charge in [-0.05, 0) is 42.0 Å². The molecule has 5 nitrogen and oxygen atoms in total. The standard InChI is InChI=1S/C16H16ClNO4S2/c17-13-5-3-4-12(10-13)11-22-16(19)15-14(6-9-23-15)24(20,21)18-7-1-2-8-18/h3-6,9-10H,1-2,7-8,11H2. The Morgan fingerprint density at radius 3 is 2.71 bits per heavy atom. The molecule has 0 unspecified atom stereocenters. The maximum Gasteiger partial charge on any atom is 0.350 e. The lowest BCUT2D eigenvalue weighted by Crippen LogP contribution is -2.28. The highest BCUT2D eigenvalue weighted by Gasteiger charge is 2.32. The lowest BCUT2D eigenvalue weighted by Gasteiger charge is -2.15. The number of thiophene rings is 1. The molecule has 0 N–H and O–H groups in total. The molecule has 1 aliphatic rings. The van der Waals surface area contributed by atoms with Crippen molar-refractivity contribution in [3.05, 3.63) is 51.2 Å². The number of carbonyl (C=O) groups is 1. The van der Waals surface area contributed by atoms with E-state index in [9.17, 15) is 13.2 Å². The maximum absolute atomic E-state index is 12.6. The van der Waals surface area contributed by atoms with Crippen LogP contribution in [0.25, 0.3) is 0 Å². The topological polar surface area (TPSA) is 63.7 Å². The minimum absolute atomic E-state index is 0.0329.